The van der Waals surface area contributed by atoms with Crippen LogP contribution in [0.1, 0.15) is 124 Å². The number of allylic oxidation sites excluding steroid dienone is 11. The highest BCUT2D eigenvalue weighted by Crippen LogP contribution is 2.32. The summed E-state index contributed by atoms with van der Waals surface area (Å²) in [6.07, 6.45) is 9.66. The largest absolute Gasteiger partial charge is 0.399 e. The van der Waals surface area contributed by atoms with Crippen molar-refractivity contribution in [1.29, 1.82) is 0 Å². The van der Waals surface area contributed by atoms with Gasteiger partial charge in [-0.05, 0) is 149 Å². The number of nitrogens with two attached hydrogens (primary N) is 2. The third-order valence-electron chi connectivity index (χ3n) is 8.82. The Labute approximate surface area is 360 Å². The molecule has 3 rings (SSSR count). The van der Waals surface area contributed by atoms with Gasteiger partial charge in [0, 0.05) is 11.4 Å². The van der Waals surface area contributed by atoms with Gasteiger partial charge in [-0.3, -0.25) is 0 Å². The zero-order chi connectivity index (χ0) is 46.7. The summed E-state index contributed by atoms with van der Waals surface area (Å²) in [6, 6.07) is 15.5. The first-order chi connectivity index (χ1) is 27.1. The molecular weight excluding hydrogens is 701 g/mol. The molecule has 0 saturated heterocycles. The van der Waals surface area contributed by atoms with Crippen molar-refractivity contribution in [3.05, 3.63) is 223 Å². The van der Waals surface area contributed by atoms with Crippen molar-refractivity contribution in [2.75, 3.05) is 0 Å². The van der Waals surface area contributed by atoms with Crippen LogP contribution in [0.4, 0.5) is 0 Å². The lowest BCUT2D eigenvalue weighted by atomic mass is 9.86. The van der Waals surface area contributed by atoms with Crippen LogP contribution in [-0.4, -0.2) is 0 Å². The van der Waals surface area contributed by atoms with Gasteiger partial charge in [0.1, 0.15) is 0 Å². The molecule has 0 spiro atoms. The Morgan fingerprint density at radius 2 is 1.10 bits per heavy atom. The van der Waals surface area contributed by atoms with Crippen molar-refractivity contribution in [1.82, 2.24) is 0 Å². The normalized spacial score (nSPS) is 10.4. The van der Waals surface area contributed by atoms with Gasteiger partial charge < -0.3 is 11.5 Å². The molecule has 0 bridgehead atoms. The van der Waals surface area contributed by atoms with Crippen LogP contribution in [0.5, 0.6) is 0 Å². The molecule has 0 aliphatic heterocycles. The maximum Gasteiger partial charge on any atom is 0.0423 e. The molecule has 0 unspecified atom stereocenters. The number of aryl methyl sites for hydroxylation is 4. The first-order valence-corrected chi connectivity index (χ1v) is 20.2. The molecule has 2 heteroatoms. The minimum Gasteiger partial charge on any atom is -0.399 e. The highest BCUT2D eigenvalue weighted by atomic mass is 14.6. The van der Waals surface area contributed by atoms with Crippen molar-refractivity contribution < 1.29 is 0 Å². The number of rotatable bonds is 10. The van der Waals surface area contributed by atoms with Crippen molar-refractivity contribution in [3.8, 4) is 0 Å². The highest BCUT2D eigenvalue weighted by molar-refractivity contribution is 5.65. The van der Waals surface area contributed by atoms with Crippen LogP contribution in [0.3, 0.4) is 0 Å². The molecule has 1 aliphatic rings. The predicted octanol–water partition coefficient (Wildman–Crippen LogP) is 16.6. The van der Waals surface area contributed by atoms with Gasteiger partial charge in [0.2, 0.25) is 0 Å². The van der Waals surface area contributed by atoms with E-state index < -0.39 is 0 Å². The third-order valence-corrected chi connectivity index (χ3v) is 8.82. The number of hydrogen-bond donors (Lipinski definition) is 2. The third kappa shape index (κ3) is 28.1. The molecule has 4 N–H and O–H groups in total. The summed E-state index contributed by atoms with van der Waals surface area (Å²) in [5, 5.41) is 0. The van der Waals surface area contributed by atoms with E-state index in [0.29, 0.717) is 5.70 Å². The second-order valence-electron chi connectivity index (χ2n) is 13.9. The van der Waals surface area contributed by atoms with Gasteiger partial charge >= 0.3 is 0 Å². The first-order valence-electron chi connectivity index (χ1n) is 20.2. The van der Waals surface area contributed by atoms with Crippen molar-refractivity contribution >= 4 is 5.57 Å². The van der Waals surface area contributed by atoms with E-state index in [0.717, 1.165) is 68.7 Å². The Balaban J connectivity index is -0.000000196. The van der Waals surface area contributed by atoms with Crippen molar-refractivity contribution in [3.63, 3.8) is 0 Å². The van der Waals surface area contributed by atoms with E-state index in [1.165, 1.54) is 41.5 Å². The second kappa shape index (κ2) is 37.2. The van der Waals surface area contributed by atoms with Crippen LogP contribution >= 0.6 is 0 Å². The summed E-state index contributed by atoms with van der Waals surface area (Å²) in [6.45, 7) is 68.4. The Hall–Kier alpha value is -5.34. The Morgan fingerprint density at radius 3 is 1.36 bits per heavy atom. The van der Waals surface area contributed by atoms with Crippen LogP contribution in [-0.2, 0) is 25.7 Å². The molecule has 2 aromatic rings. The minimum atomic E-state index is 0.671. The van der Waals surface area contributed by atoms with Crippen molar-refractivity contribution in [2.45, 2.75) is 122 Å². The Kier molecular flexibility index (Phi) is 39.7. The molecule has 0 atom stereocenters. The molecular formula is C56H86N2. The van der Waals surface area contributed by atoms with E-state index in [2.05, 4.69) is 149 Å². The van der Waals surface area contributed by atoms with Gasteiger partial charge in [-0.25, -0.2) is 0 Å². The molecule has 320 valence electrons. The lowest BCUT2D eigenvalue weighted by molar-refractivity contribution is 0.896. The van der Waals surface area contributed by atoms with Gasteiger partial charge in [0.05, 0.1) is 0 Å². The topological polar surface area (TPSA) is 52.0 Å². The van der Waals surface area contributed by atoms with E-state index >= 15 is 0 Å². The maximum atomic E-state index is 5.48. The van der Waals surface area contributed by atoms with Gasteiger partial charge in [-0.1, -0.05) is 157 Å². The average molecular weight is 787 g/mol. The molecule has 0 radical (unpaired) electrons. The van der Waals surface area contributed by atoms with E-state index in [-0.39, 0.29) is 0 Å². The first kappa shape index (κ1) is 61.9. The second-order valence-corrected chi connectivity index (χ2v) is 13.9. The fourth-order valence-corrected chi connectivity index (χ4v) is 4.31. The molecule has 0 fully saturated rings. The lowest BCUT2D eigenvalue weighted by Gasteiger charge is -2.22. The lowest BCUT2D eigenvalue weighted by Crippen LogP contribution is -2.15. The molecule has 0 amide bonds. The summed E-state index contributed by atoms with van der Waals surface area (Å²) in [4.78, 5) is 0. The molecule has 2 nitrogen and oxygen atoms in total. The van der Waals surface area contributed by atoms with Crippen LogP contribution < -0.4 is 11.5 Å². The molecule has 58 heavy (non-hydrogen) atoms. The summed E-state index contributed by atoms with van der Waals surface area (Å²) < 4.78 is 0. The van der Waals surface area contributed by atoms with Crippen LogP contribution in [0.2, 0.25) is 0 Å². The average Bonchev–Trinajstić information content (AvgIpc) is 3.22. The summed E-state index contributed by atoms with van der Waals surface area (Å²) in [7, 11) is 0. The molecule has 0 aromatic heterocycles. The standard InChI is InChI=1S/C13H20.C11H14.C11H16.C7H9N.C7H13N.C3H6.2C2H4/c1-4-7-13-9-8-11(5-2)10-12(13)6-3;1-4-10-5-7-11(8-6-10)9(2)3;1-8(2)10(5)7-11(6)9(3)4;1-4-5(2)7(8)6(4)3;1-5(2)6(3)7(4)8;1-3-2;2*1-2/h8-10H,4-7H2,1-3H3;5-8H,2,4H2,1,3H3;7H,1,3,5H2,2,4,6H3;1-2,8H2,3H3;4,8H2,1-3H3;3H,1H2,2H3;2*1-2H2/b;;11-7+;;;;;. The zero-order valence-electron chi connectivity index (χ0n) is 39.9. The van der Waals surface area contributed by atoms with Gasteiger partial charge in [0.15, 0.2) is 0 Å². The van der Waals surface area contributed by atoms with Crippen molar-refractivity contribution in [2.24, 2.45) is 11.5 Å². The molecule has 0 saturated carbocycles. The van der Waals surface area contributed by atoms with Gasteiger partial charge in [0.25, 0.3) is 0 Å². The van der Waals surface area contributed by atoms with Gasteiger partial charge in [-0.15, -0.1) is 32.9 Å². The fourth-order valence-electron chi connectivity index (χ4n) is 4.31. The van der Waals surface area contributed by atoms with E-state index in [1.54, 1.807) is 17.2 Å². The molecule has 1 aliphatic carbocycles. The monoisotopic (exact) mass is 787 g/mol. The Bertz CT molecular complexity index is 1680. The summed E-state index contributed by atoms with van der Waals surface area (Å²) in [5.41, 5.74) is 30.2. The van der Waals surface area contributed by atoms with E-state index in [9.17, 15) is 0 Å². The zero-order valence-corrected chi connectivity index (χ0v) is 39.9. The smallest absolute Gasteiger partial charge is 0.0423 e. The number of hydrogen-bond acceptors (Lipinski definition) is 2. The molecule has 2 aromatic carbocycles. The van der Waals surface area contributed by atoms with Crippen LogP contribution in [0.15, 0.2) is 195 Å². The fraction of sp³-hybridized carbons (Fsp3) is 0.321. The maximum absolute atomic E-state index is 5.48. The SMILES string of the molecule is C=C.C=C.C=C(C)C(=C)/C=C(\C)C(=C)C.C=C(C)c1ccc(CC)cc1.C=C(N)C(C)=C(C)C.C=C1C(=C)C(N)=C1C.C=CC.CCCc1ccc(CC)cc1CC. The number of benzene rings is 2. The molecule has 0 heterocycles. The summed E-state index contributed by atoms with van der Waals surface area (Å²) >= 11 is 0. The summed E-state index contributed by atoms with van der Waals surface area (Å²) in [5.74, 6) is 0. The highest BCUT2D eigenvalue weighted by Gasteiger charge is 2.18. The van der Waals surface area contributed by atoms with Crippen LogP contribution in [0, 0.1) is 0 Å². The quantitative estimate of drug-likeness (QED) is 0.186. The van der Waals surface area contributed by atoms with Gasteiger partial charge in [-0.2, -0.15) is 0 Å². The predicted molar refractivity (Wildman–Crippen MR) is 273 cm³/mol. The van der Waals surface area contributed by atoms with E-state index in [1.807, 2.05) is 68.4 Å². The minimum absolute atomic E-state index is 0.671. The van der Waals surface area contributed by atoms with Crippen LogP contribution in [0.25, 0.3) is 5.57 Å². The Morgan fingerprint density at radius 1 is 0.655 bits per heavy atom. The van der Waals surface area contributed by atoms with E-state index in [4.69, 9.17) is 11.5 Å².